The van der Waals surface area contributed by atoms with Gasteiger partial charge >= 0.3 is 0 Å². The molecule has 2 nitrogen and oxygen atoms in total. The minimum Gasteiger partial charge on any atom is -0.512 e. The van der Waals surface area contributed by atoms with Crippen molar-refractivity contribution in [3.05, 3.63) is 23.6 Å². The van der Waals surface area contributed by atoms with Crippen LogP contribution in [0.1, 0.15) is 26.7 Å². The highest BCUT2D eigenvalue weighted by atomic mass is 16.3. The van der Waals surface area contributed by atoms with Crippen molar-refractivity contribution in [1.82, 2.24) is 5.32 Å². The van der Waals surface area contributed by atoms with E-state index in [1.807, 2.05) is 33.2 Å². The van der Waals surface area contributed by atoms with Gasteiger partial charge in [-0.3, -0.25) is 0 Å². The van der Waals surface area contributed by atoms with Gasteiger partial charge in [-0.25, -0.2) is 0 Å². The van der Waals surface area contributed by atoms with E-state index in [2.05, 4.69) is 5.32 Å². The zero-order valence-electron chi connectivity index (χ0n) is 7.52. The molecule has 0 saturated carbocycles. The molecule has 0 saturated heterocycles. The van der Waals surface area contributed by atoms with E-state index in [0.717, 1.165) is 12.0 Å². The fourth-order valence-electron chi connectivity index (χ4n) is 0.829. The van der Waals surface area contributed by atoms with Crippen LogP contribution in [0.5, 0.6) is 0 Å². The van der Waals surface area contributed by atoms with Gasteiger partial charge in [-0.1, -0.05) is 13.8 Å². The fraction of sp³-hybridized carbons (Fsp3) is 0.556. The number of hydrogen-bond acceptors (Lipinski definition) is 2. The zero-order valence-corrected chi connectivity index (χ0v) is 7.52. The van der Waals surface area contributed by atoms with Crippen LogP contribution in [0.2, 0.25) is 0 Å². The number of aliphatic hydroxyl groups excluding tert-OH is 1. The summed E-state index contributed by atoms with van der Waals surface area (Å²) in [7, 11) is 1.84. The molecule has 0 aliphatic heterocycles. The largest absolute Gasteiger partial charge is 0.512 e. The highest BCUT2D eigenvalue weighted by molar-refractivity contribution is 5.20. The third-order valence-electron chi connectivity index (χ3n) is 1.54. The molecule has 0 aromatic carbocycles. The molecule has 0 rings (SSSR count). The average Bonchev–Trinajstić information content (AvgIpc) is 2.05. The van der Waals surface area contributed by atoms with Gasteiger partial charge in [0, 0.05) is 13.5 Å². The number of rotatable bonds is 4. The summed E-state index contributed by atoms with van der Waals surface area (Å²) in [6.07, 6.45) is 5.30. The second kappa shape index (κ2) is 5.83. The van der Waals surface area contributed by atoms with Crippen LogP contribution in [-0.4, -0.2) is 12.2 Å². The van der Waals surface area contributed by atoms with Crippen molar-refractivity contribution in [3.63, 3.8) is 0 Å². The van der Waals surface area contributed by atoms with Gasteiger partial charge in [0.15, 0.2) is 0 Å². The molecule has 0 aliphatic rings. The highest BCUT2D eigenvalue weighted by Crippen LogP contribution is 2.09. The lowest BCUT2D eigenvalue weighted by molar-refractivity contribution is 0.387. The molecule has 0 heterocycles. The minimum atomic E-state index is 0.485. The Kier molecular flexibility index (Phi) is 5.35. The molecular formula is C9H17NO. The van der Waals surface area contributed by atoms with Gasteiger partial charge in [0.1, 0.15) is 0 Å². The first-order valence-electron chi connectivity index (χ1n) is 4.01. The van der Waals surface area contributed by atoms with Crippen molar-refractivity contribution in [1.29, 1.82) is 0 Å². The van der Waals surface area contributed by atoms with Crippen LogP contribution in [0, 0.1) is 0 Å². The van der Waals surface area contributed by atoms with Crippen LogP contribution in [0.3, 0.4) is 0 Å². The summed E-state index contributed by atoms with van der Waals surface area (Å²) in [6.45, 7) is 3.97. The van der Waals surface area contributed by atoms with Crippen LogP contribution in [0.25, 0.3) is 0 Å². The van der Waals surface area contributed by atoms with E-state index in [1.54, 1.807) is 0 Å². The SMILES string of the molecule is CC/C(O)=C(/C=C\NC)CC. The minimum absolute atomic E-state index is 0.485. The summed E-state index contributed by atoms with van der Waals surface area (Å²) in [6, 6.07) is 0. The average molecular weight is 155 g/mol. The van der Waals surface area contributed by atoms with Crippen LogP contribution < -0.4 is 5.32 Å². The van der Waals surface area contributed by atoms with E-state index in [1.165, 1.54) is 0 Å². The summed E-state index contributed by atoms with van der Waals surface area (Å²) in [4.78, 5) is 0. The Morgan fingerprint density at radius 3 is 2.36 bits per heavy atom. The summed E-state index contributed by atoms with van der Waals surface area (Å²) < 4.78 is 0. The van der Waals surface area contributed by atoms with E-state index >= 15 is 0 Å². The topological polar surface area (TPSA) is 32.3 Å². The molecule has 0 bridgehead atoms. The Balaban J connectivity index is 4.26. The van der Waals surface area contributed by atoms with Crippen molar-refractivity contribution < 1.29 is 5.11 Å². The van der Waals surface area contributed by atoms with Crippen LogP contribution in [-0.2, 0) is 0 Å². The molecule has 11 heavy (non-hydrogen) atoms. The molecule has 0 atom stereocenters. The maximum Gasteiger partial charge on any atom is 0.0952 e. The third kappa shape index (κ3) is 3.71. The van der Waals surface area contributed by atoms with Crippen LogP contribution >= 0.6 is 0 Å². The Hall–Kier alpha value is -0.920. The van der Waals surface area contributed by atoms with E-state index < -0.39 is 0 Å². The number of aliphatic hydroxyl groups is 1. The molecule has 0 aromatic rings. The molecule has 0 spiro atoms. The first-order valence-corrected chi connectivity index (χ1v) is 4.01. The molecule has 0 unspecified atom stereocenters. The van der Waals surface area contributed by atoms with Crippen molar-refractivity contribution in [3.8, 4) is 0 Å². The van der Waals surface area contributed by atoms with Gasteiger partial charge in [-0.05, 0) is 24.3 Å². The van der Waals surface area contributed by atoms with Crippen LogP contribution in [0.4, 0.5) is 0 Å². The number of nitrogens with one attached hydrogen (secondary N) is 1. The van der Waals surface area contributed by atoms with E-state index in [9.17, 15) is 5.11 Å². The quantitative estimate of drug-likeness (QED) is 0.482. The van der Waals surface area contributed by atoms with E-state index in [-0.39, 0.29) is 0 Å². The molecule has 0 fully saturated rings. The Labute approximate surface area is 68.6 Å². The van der Waals surface area contributed by atoms with Gasteiger partial charge in [0.05, 0.1) is 5.76 Å². The smallest absolute Gasteiger partial charge is 0.0952 e. The van der Waals surface area contributed by atoms with E-state index in [0.29, 0.717) is 12.2 Å². The maximum atomic E-state index is 9.34. The van der Waals surface area contributed by atoms with Crippen molar-refractivity contribution in [2.24, 2.45) is 0 Å². The second-order valence-corrected chi connectivity index (χ2v) is 2.30. The second-order valence-electron chi connectivity index (χ2n) is 2.30. The molecule has 0 amide bonds. The molecule has 2 N–H and O–H groups in total. The maximum absolute atomic E-state index is 9.34. The zero-order chi connectivity index (χ0) is 8.69. The first-order chi connectivity index (χ1) is 5.26. The normalized spacial score (nSPS) is 13.4. The van der Waals surface area contributed by atoms with Crippen LogP contribution in [0.15, 0.2) is 23.6 Å². The van der Waals surface area contributed by atoms with Crippen molar-refractivity contribution >= 4 is 0 Å². The van der Waals surface area contributed by atoms with Gasteiger partial charge in [-0.2, -0.15) is 0 Å². The van der Waals surface area contributed by atoms with E-state index in [4.69, 9.17) is 0 Å². The predicted octanol–water partition coefficient (Wildman–Crippen LogP) is 2.35. The number of allylic oxidation sites excluding steroid dienone is 3. The summed E-state index contributed by atoms with van der Waals surface area (Å²) in [5, 5.41) is 12.2. The van der Waals surface area contributed by atoms with Gasteiger partial charge in [0.25, 0.3) is 0 Å². The summed E-state index contributed by atoms with van der Waals surface area (Å²) in [5.41, 5.74) is 1.00. The lowest BCUT2D eigenvalue weighted by Crippen LogP contribution is -1.93. The monoisotopic (exact) mass is 155 g/mol. The van der Waals surface area contributed by atoms with Crippen molar-refractivity contribution in [2.75, 3.05) is 7.05 Å². The van der Waals surface area contributed by atoms with Crippen molar-refractivity contribution in [2.45, 2.75) is 26.7 Å². The molecule has 0 aromatic heterocycles. The molecule has 64 valence electrons. The molecular weight excluding hydrogens is 138 g/mol. The molecule has 0 radical (unpaired) electrons. The Morgan fingerprint density at radius 2 is 2.00 bits per heavy atom. The summed E-state index contributed by atoms with van der Waals surface area (Å²) in [5.74, 6) is 0.485. The predicted molar refractivity (Wildman–Crippen MR) is 48.4 cm³/mol. The fourth-order valence-corrected chi connectivity index (χ4v) is 0.829. The molecule has 2 heteroatoms. The lowest BCUT2D eigenvalue weighted by Gasteiger charge is -2.01. The lowest BCUT2D eigenvalue weighted by atomic mass is 10.1. The number of hydrogen-bond donors (Lipinski definition) is 2. The first kappa shape index (κ1) is 10.1. The van der Waals surface area contributed by atoms with Gasteiger partial charge in [0.2, 0.25) is 0 Å². The Bertz CT molecular complexity index is 159. The van der Waals surface area contributed by atoms with Gasteiger partial charge in [-0.15, -0.1) is 0 Å². The standard InChI is InChI=1S/C9H17NO/c1-4-8(6-7-10-3)9(11)5-2/h6-7,10-11H,4-5H2,1-3H3/b7-6-,9-8-. The molecule has 0 aliphatic carbocycles. The van der Waals surface area contributed by atoms with Gasteiger partial charge < -0.3 is 10.4 Å². The Morgan fingerprint density at radius 1 is 1.36 bits per heavy atom. The summed E-state index contributed by atoms with van der Waals surface area (Å²) >= 11 is 0. The third-order valence-corrected chi connectivity index (χ3v) is 1.54. The highest BCUT2D eigenvalue weighted by Gasteiger charge is 1.95.